The van der Waals surface area contributed by atoms with Crippen molar-refractivity contribution >= 4 is 17.5 Å². The number of para-hydroxylation sites is 1. The number of benzene rings is 1. The van der Waals surface area contributed by atoms with Gasteiger partial charge in [-0.3, -0.25) is 9.59 Å². The van der Waals surface area contributed by atoms with Gasteiger partial charge in [0.15, 0.2) is 0 Å². The Hall–Kier alpha value is -1.84. The molecule has 1 aromatic rings. The molecule has 0 saturated heterocycles. The zero-order chi connectivity index (χ0) is 16.1. The van der Waals surface area contributed by atoms with Gasteiger partial charge in [-0.1, -0.05) is 31.5 Å². The summed E-state index contributed by atoms with van der Waals surface area (Å²) in [5.74, 6) is 0.163. The lowest BCUT2D eigenvalue weighted by Crippen LogP contribution is -2.39. The minimum Gasteiger partial charge on any atom is -0.342 e. The first-order valence-electron chi connectivity index (χ1n) is 8.20. The zero-order valence-corrected chi connectivity index (χ0v) is 13.8. The molecule has 1 unspecified atom stereocenters. The molecule has 0 bridgehead atoms. The second-order valence-electron chi connectivity index (χ2n) is 6.06. The van der Waals surface area contributed by atoms with Crippen molar-refractivity contribution in [2.45, 2.75) is 52.5 Å². The molecule has 22 heavy (non-hydrogen) atoms. The molecule has 0 aliphatic carbocycles. The van der Waals surface area contributed by atoms with Crippen molar-refractivity contribution in [3.05, 3.63) is 29.8 Å². The van der Waals surface area contributed by atoms with Crippen LogP contribution in [-0.2, 0) is 16.0 Å². The molecule has 1 atom stereocenters. The fourth-order valence-electron chi connectivity index (χ4n) is 3.07. The number of anilines is 1. The summed E-state index contributed by atoms with van der Waals surface area (Å²) >= 11 is 0. The molecule has 4 nitrogen and oxygen atoms in total. The maximum atomic E-state index is 12.6. The van der Waals surface area contributed by atoms with Crippen molar-refractivity contribution in [1.82, 2.24) is 4.90 Å². The lowest BCUT2D eigenvalue weighted by molar-refractivity contribution is -0.129. The van der Waals surface area contributed by atoms with Gasteiger partial charge in [-0.2, -0.15) is 0 Å². The van der Waals surface area contributed by atoms with Crippen molar-refractivity contribution in [2.24, 2.45) is 0 Å². The average Bonchev–Trinajstić information content (AvgIpc) is 2.82. The molecule has 4 heteroatoms. The van der Waals surface area contributed by atoms with Gasteiger partial charge in [0.2, 0.25) is 11.8 Å². The van der Waals surface area contributed by atoms with Crippen molar-refractivity contribution in [1.29, 1.82) is 0 Å². The summed E-state index contributed by atoms with van der Waals surface area (Å²) in [6.45, 7) is 7.02. The standard InChI is InChI=1S/C18H26N2O2/c1-4-5-11-19(15(3)21)12-10-18(22)20-14(2)13-16-8-6-7-9-17(16)20/h6-9,14H,4-5,10-13H2,1-3H3. The van der Waals surface area contributed by atoms with E-state index in [9.17, 15) is 9.59 Å². The van der Waals surface area contributed by atoms with Crippen molar-refractivity contribution in [3.63, 3.8) is 0 Å². The topological polar surface area (TPSA) is 40.6 Å². The Morgan fingerprint density at radius 2 is 2.00 bits per heavy atom. The predicted octanol–water partition coefficient (Wildman–Crippen LogP) is 3.00. The van der Waals surface area contributed by atoms with Gasteiger partial charge in [0.25, 0.3) is 0 Å². The molecule has 0 saturated carbocycles. The predicted molar refractivity (Wildman–Crippen MR) is 88.9 cm³/mol. The van der Waals surface area contributed by atoms with E-state index in [-0.39, 0.29) is 17.9 Å². The Balaban J connectivity index is 1.98. The van der Waals surface area contributed by atoms with E-state index >= 15 is 0 Å². The normalized spacial score (nSPS) is 16.5. The fraction of sp³-hybridized carbons (Fsp3) is 0.556. The molecule has 1 heterocycles. The molecule has 2 amide bonds. The van der Waals surface area contributed by atoms with E-state index in [2.05, 4.69) is 19.9 Å². The van der Waals surface area contributed by atoms with Gasteiger partial charge in [-0.25, -0.2) is 0 Å². The fourth-order valence-corrected chi connectivity index (χ4v) is 3.07. The summed E-state index contributed by atoms with van der Waals surface area (Å²) in [6, 6.07) is 8.28. The third kappa shape index (κ3) is 3.67. The Bertz CT molecular complexity index is 542. The van der Waals surface area contributed by atoms with Crippen LogP contribution in [0.25, 0.3) is 0 Å². The molecule has 0 spiro atoms. The van der Waals surface area contributed by atoms with Gasteiger partial charge in [0.1, 0.15) is 0 Å². The van der Waals surface area contributed by atoms with E-state index in [1.54, 1.807) is 11.8 Å². The van der Waals surface area contributed by atoms with Crippen LogP contribution in [0.4, 0.5) is 5.69 Å². The summed E-state index contributed by atoms with van der Waals surface area (Å²) < 4.78 is 0. The number of carbonyl (C=O) groups excluding carboxylic acids is 2. The first-order chi connectivity index (χ1) is 10.5. The van der Waals surface area contributed by atoms with Crippen LogP contribution < -0.4 is 4.90 Å². The van der Waals surface area contributed by atoms with Crippen LogP contribution in [0.15, 0.2) is 24.3 Å². The highest BCUT2D eigenvalue weighted by atomic mass is 16.2. The molecule has 120 valence electrons. The number of rotatable bonds is 6. The monoisotopic (exact) mass is 302 g/mol. The summed E-state index contributed by atoms with van der Waals surface area (Å²) in [7, 11) is 0. The van der Waals surface area contributed by atoms with E-state index in [0.717, 1.165) is 31.5 Å². The molecule has 1 aliphatic heterocycles. The van der Waals surface area contributed by atoms with E-state index in [0.29, 0.717) is 13.0 Å². The summed E-state index contributed by atoms with van der Waals surface area (Å²) in [6.07, 6.45) is 3.33. The van der Waals surface area contributed by atoms with Crippen LogP contribution in [0.3, 0.4) is 0 Å². The molecular weight excluding hydrogens is 276 g/mol. The number of hydrogen-bond acceptors (Lipinski definition) is 2. The van der Waals surface area contributed by atoms with Crippen LogP contribution in [0.2, 0.25) is 0 Å². The molecule has 1 aliphatic rings. The van der Waals surface area contributed by atoms with E-state index in [1.807, 2.05) is 23.1 Å². The van der Waals surface area contributed by atoms with Crippen LogP contribution >= 0.6 is 0 Å². The first kappa shape index (κ1) is 16.5. The lowest BCUT2D eigenvalue weighted by atomic mass is 10.1. The first-order valence-corrected chi connectivity index (χ1v) is 8.20. The smallest absolute Gasteiger partial charge is 0.229 e. The van der Waals surface area contributed by atoms with Gasteiger partial charge in [0, 0.05) is 38.2 Å². The molecule has 0 radical (unpaired) electrons. The highest BCUT2D eigenvalue weighted by Gasteiger charge is 2.30. The highest BCUT2D eigenvalue weighted by Crippen LogP contribution is 2.32. The number of fused-ring (bicyclic) bond motifs is 1. The third-order valence-corrected chi connectivity index (χ3v) is 4.30. The molecular formula is C18H26N2O2. The Morgan fingerprint density at radius 3 is 2.68 bits per heavy atom. The van der Waals surface area contributed by atoms with E-state index < -0.39 is 0 Å². The number of unbranched alkanes of at least 4 members (excludes halogenated alkanes) is 1. The average molecular weight is 302 g/mol. The van der Waals surface area contributed by atoms with Gasteiger partial charge < -0.3 is 9.80 Å². The summed E-state index contributed by atoms with van der Waals surface area (Å²) in [5, 5.41) is 0. The minimum absolute atomic E-state index is 0.0520. The van der Waals surface area contributed by atoms with Gasteiger partial charge in [-0.05, 0) is 31.4 Å². The number of amides is 2. The Morgan fingerprint density at radius 1 is 1.27 bits per heavy atom. The largest absolute Gasteiger partial charge is 0.342 e. The molecule has 1 aromatic carbocycles. The number of hydrogen-bond donors (Lipinski definition) is 0. The second-order valence-corrected chi connectivity index (χ2v) is 6.06. The van der Waals surface area contributed by atoms with Gasteiger partial charge >= 0.3 is 0 Å². The molecule has 2 rings (SSSR count). The number of carbonyl (C=O) groups is 2. The zero-order valence-electron chi connectivity index (χ0n) is 13.8. The van der Waals surface area contributed by atoms with Crippen molar-refractivity contribution in [2.75, 3.05) is 18.0 Å². The van der Waals surface area contributed by atoms with Gasteiger partial charge in [-0.15, -0.1) is 0 Å². The summed E-state index contributed by atoms with van der Waals surface area (Å²) in [5.41, 5.74) is 2.26. The van der Waals surface area contributed by atoms with Crippen LogP contribution in [-0.4, -0.2) is 35.8 Å². The van der Waals surface area contributed by atoms with E-state index in [1.165, 1.54) is 5.56 Å². The van der Waals surface area contributed by atoms with Crippen LogP contribution in [0.1, 0.15) is 45.6 Å². The van der Waals surface area contributed by atoms with Crippen molar-refractivity contribution in [3.8, 4) is 0 Å². The molecule has 0 N–H and O–H groups in total. The van der Waals surface area contributed by atoms with E-state index in [4.69, 9.17) is 0 Å². The maximum absolute atomic E-state index is 12.6. The number of nitrogens with zero attached hydrogens (tertiary/aromatic N) is 2. The maximum Gasteiger partial charge on any atom is 0.229 e. The third-order valence-electron chi connectivity index (χ3n) is 4.30. The summed E-state index contributed by atoms with van der Waals surface area (Å²) in [4.78, 5) is 27.9. The van der Waals surface area contributed by atoms with Gasteiger partial charge in [0.05, 0.1) is 0 Å². The Labute approximate surface area is 133 Å². The molecule has 0 fully saturated rings. The molecule has 0 aromatic heterocycles. The Kier molecular flexibility index (Phi) is 5.58. The van der Waals surface area contributed by atoms with Crippen molar-refractivity contribution < 1.29 is 9.59 Å². The second kappa shape index (κ2) is 7.43. The highest BCUT2D eigenvalue weighted by molar-refractivity contribution is 5.96. The van der Waals surface area contributed by atoms with Crippen LogP contribution in [0.5, 0.6) is 0 Å². The minimum atomic E-state index is 0.0520. The van der Waals surface area contributed by atoms with Crippen LogP contribution in [0, 0.1) is 0 Å². The quantitative estimate of drug-likeness (QED) is 0.810. The SMILES string of the molecule is CCCCN(CCC(=O)N1c2ccccc2CC1C)C(C)=O. The lowest BCUT2D eigenvalue weighted by Gasteiger charge is -2.25.